The molecular weight excluding hydrogens is 397 g/mol. The summed E-state index contributed by atoms with van der Waals surface area (Å²) in [6.07, 6.45) is 1.86. The molecule has 7 heteroatoms. The van der Waals surface area contributed by atoms with Crippen LogP contribution in [0.25, 0.3) is 11.3 Å². The highest BCUT2D eigenvalue weighted by Crippen LogP contribution is 2.42. The lowest BCUT2D eigenvalue weighted by Gasteiger charge is -2.25. The number of fused-ring (bicyclic) bond motifs is 1. The Morgan fingerprint density at radius 3 is 2.19 bits per heavy atom. The van der Waals surface area contributed by atoms with Crippen LogP contribution >= 0.6 is 0 Å². The van der Waals surface area contributed by atoms with Gasteiger partial charge in [-0.1, -0.05) is 12.1 Å². The normalized spacial score (nSPS) is 17.7. The molecule has 31 heavy (non-hydrogen) atoms. The Labute approximate surface area is 178 Å². The van der Waals surface area contributed by atoms with Crippen LogP contribution in [-0.4, -0.2) is 32.3 Å². The van der Waals surface area contributed by atoms with E-state index in [0.717, 1.165) is 17.7 Å². The second-order valence-corrected chi connectivity index (χ2v) is 8.58. The molecule has 2 heterocycles. The van der Waals surface area contributed by atoms with E-state index < -0.39 is 17.4 Å². The minimum absolute atomic E-state index is 0.141. The number of carbonyl (C=O) groups excluding carboxylic acids is 2. The third kappa shape index (κ3) is 3.16. The summed E-state index contributed by atoms with van der Waals surface area (Å²) in [6, 6.07) is 12.6. The molecule has 1 saturated carbocycles. The molecule has 1 N–H and O–H groups in total. The van der Waals surface area contributed by atoms with Crippen LogP contribution < -0.4 is 4.90 Å². The Hall–Kier alpha value is -3.32. The van der Waals surface area contributed by atoms with Crippen LogP contribution in [0.15, 0.2) is 48.5 Å². The summed E-state index contributed by atoms with van der Waals surface area (Å²) in [5.41, 5.74) is 1.49. The number of halogens is 1. The van der Waals surface area contributed by atoms with E-state index in [0.29, 0.717) is 33.8 Å². The molecule has 0 bridgehead atoms. The molecule has 158 valence electrons. The first-order valence-electron chi connectivity index (χ1n) is 10.3. The van der Waals surface area contributed by atoms with Crippen molar-refractivity contribution in [2.24, 2.45) is 5.92 Å². The van der Waals surface area contributed by atoms with Crippen LogP contribution in [0.4, 0.5) is 10.2 Å². The summed E-state index contributed by atoms with van der Waals surface area (Å²) in [5.74, 6) is -0.700. The van der Waals surface area contributed by atoms with Gasteiger partial charge in [-0.05, 0) is 69.0 Å². The number of imide groups is 1. The van der Waals surface area contributed by atoms with Gasteiger partial charge < -0.3 is 5.11 Å². The molecule has 2 aromatic carbocycles. The fourth-order valence-corrected chi connectivity index (χ4v) is 4.34. The third-order valence-electron chi connectivity index (χ3n) is 6.21. The number of anilines is 1. The van der Waals surface area contributed by atoms with Gasteiger partial charge in [0.25, 0.3) is 11.8 Å². The lowest BCUT2D eigenvalue weighted by atomic mass is 10.0. The Morgan fingerprint density at radius 1 is 1.06 bits per heavy atom. The third-order valence-corrected chi connectivity index (χ3v) is 6.21. The van der Waals surface area contributed by atoms with E-state index in [1.807, 2.05) is 0 Å². The fraction of sp³-hybridized carbons (Fsp3) is 0.292. The minimum atomic E-state index is -1.02. The summed E-state index contributed by atoms with van der Waals surface area (Å²) in [4.78, 5) is 27.5. The molecule has 1 atom stereocenters. The lowest BCUT2D eigenvalue weighted by Crippen LogP contribution is -2.37. The standard InChI is InChI=1S/C24H22FN3O3/c1-14-20(15-7-11-17(25)12-8-15)26-27(13-24(2,31)16-9-10-16)21(14)28-22(29)18-5-3-4-6-19(18)23(28)30/h3-8,11-12,16,31H,9-10,13H2,1-2H3. The largest absolute Gasteiger partial charge is 0.388 e. The number of rotatable bonds is 5. The number of hydrogen-bond acceptors (Lipinski definition) is 4. The molecule has 0 radical (unpaired) electrons. The average molecular weight is 419 g/mol. The van der Waals surface area contributed by atoms with Gasteiger partial charge in [-0.15, -0.1) is 0 Å². The first-order chi connectivity index (χ1) is 14.8. The first kappa shape index (κ1) is 19.6. The zero-order valence-corrected chi connectivity index (χ0v) is 17.3. The van der Waals surface area contributed by atoms with Crippen LogP contribution in [0.1, 0.15) is 46.0 Å². The van der Waals surface area contributed by atoms with Gasteiger partial charge in [-0.3, -0.25) is 9.59 Å². The molecule has 5 rings (SSSR count). The van der Waals surface area contributed by atoms with Crippen LogP contribution in [0.5, 0.6) is 0 Å². The number of aromatic nitrogens is 2. The van der Waals surface area contributed by atoms with Crippen molar-refractivity contribution in [1.29, 1.82) is 0 Å². The molecule has 1 aliphatic heterocycles. The number of benzene rings is 2. The SMILES string of the molecule is Cc1c(-c2ccc(F)cc2)nn(CC(C)(O)C2CC2)c1N1C(=O)c2ccccc2C1=O. The van der Waals surface area contributed by atoms with Crippen molar-refractivity contribution in [3.63, 3.8) is 0 Å². The maximum absolute atomic E-state index is 13.4. The van der Waals surface area contributed by atoms with Gasteiger partial charge in [0.05, 0.1) is 29.0 Å². The molecule has 3 aromatic rings. The van der Waals surface area contributed by atoms with Crippen molar-refractivity contribution in [2.45, 2.75) is 38.8 Å². The molecule has 1 aromatic heterocycles. The minimum Gasteiger partial charge on any atom is -0.388 e. The van der Waals surface area contributed by atoms with E-state index in [2.05, 4.69) is 5.10 Å². The van der Waals surface area contributed by atoms with Crippen molar-refractivity contribution in [3.05, 3.63) is 71.0 Å². The highest BCUT2D eigenvalue weighted by atomic mass is 19.1. The zero-order chi connectivity index (χ0) is 21.9. The molecule has 2 amide bonds. The van der Waals surface area contributed by atoms with Gasteiger partial charge in [-0.2, -0.15) is 5.10 Å². The van der Waals surface area contributed by atoms with Crippen LogP contribution in [0.2, 0.25) is 0 Å². The van der Waals surface area contributed by atoms with E-state index in [-0.39, 0.29) is 18.3 Å². The highest BCUT2D eigenvalue weighted by molar-refractivity contribution is 6.34. The van der Waals surface area contributed by atoms with Crippen molar-refractivity contribution < 1.29 is 19.1 Å². The Balaban J connectivity index is 1.66. The molecule has 1 aliphatic carbocycles. The molecular formula is C24H22FN3O3. The topological polar surface area (TPSA) is 75.4 Å². The quantitative estimate of drug-likeness (QED) is 0.635. The number of amides is 2. The van der Waals surface area contributed by atoms with Crippen LogP contribution in [0.3, 0.4) is 0 Å². The van der Waals surface area contributed by atoms with E-state index in [4.69, 9.17) is 0 Å². The predicted molar refractivity (Wildman–Crippen MR) is 113 cm³/mol. The monoisotopic (exact) mass is 419 g/mol. The molecule has 1 unspecified atom stereocenters. The van der Waals surface area contributed by atoms with E-state index in [9.17, 15) is 19.1 Å². The number of aliphatic hydroxyl groups is 1. The van der Waals surface area contributed by atoms with Gasteiger partial charge in [0.15, 0.2) is 0 Å². The Kier molecular flexibility index (Phi) is 4.34. The lowest BCUT2D eigenvalue weighted by molar-refractivity contribution is 0.0165. The molecule has 0 saturated heterocycles. The number of carbonyl (C=O) groups is 2. The summed E-state index contributed by atoms with van der Waals surface area (Å²) in [7, 11) is 0. The van der Waals surface area contributed by atoms with Gasteiger partial charge >= 0.3 is 0 Å². The first-order valence-corrected chi connectivity index (χ1v) is 10.3. The Morgan fingerprint density at radius 2 is 1.65 bits per heavy atom. The summed E-state index contributed by atoms with van der Waals surface area (Å²) in [5, 5.41) is 15.7. The van der Waals surface area contributed by atoms with Crippen LogP contribution in [-0.2, 0) is 6.54 Å². The Bertz CT molecular complexity index is 1170. The fourth-order valence-electron chi connectivity index (χ4n) is 4.34. The predicted octanol–water partition coefficient (Wildman–Crippen LogP) is 3.96. The highest BCUT2D eigenvalue weighted by Gasteiger charge is 2.44. The summed E-state index contributed by atoms with van der Waals surface area (Å²) >= 11 is 0. The molecule has 6 nitrogen and oxygen atoms in total. The maximum Gasteiger partial charge on any atom is 0.267 e. The molecule has 2 aliphatic rings. The van der Waals surface area contributed by atoms with Gasteiger partial charge in [0, 0.05) is 11.1 Å². The molecule has 0 spiro atoms. The van der Waals surface area contributed by atoms with Crippen molar-refractivity contribution in [1.82, 2.24) is 9.78 Å². The zero-order valence-electron chi connectivity index (χ0n) is 17.3. The van der Waals surface area contributed by atoms with E-state index in [1.54, 1.807) is 54.9 Å². The van der Waals surface area contributed by atoms with Crippen molar-refractivity contribution in [2.75, 3.05) is 4.90 Å². The van der Waals surface area contributed by atoms with Gasteiger partial charge in [-0.25, -0.2) is 14.0 Å². The van der Waals surface area contributed by atoms with Gasteiger partial charge in [0.1, 0.15) is 11.6 Å². The van der Waals surface area contributed by atoms with E-state index >= 15 is 0 Å². The number of hydrogen-bond donors (Lipinski definition) is 1. The second kappa shape index (κ2) is 6.85. The summed E-state index contributed by atoms with van der Waals surface area (Å²) < 4.78 is 15.0. The smallest absolute Gasteiger partial charge is 0.267 e. The second-order valence-electron chi connectivity index (χ2n) is 8.58. The average Bonchev–Trinajstić information content (AvgIpc) is 3.53. The van der Waals surface area contributed by atoms with E-state index in [1.165, 1.54) is 12.1 Å². The number of nitrogens with zero attached hydrogens (tertiary/aromatic N) is 3. The van der Waals surface area contributed by atoms with Gasteiger partial charge in [0.2, 0.25) is 0 Å². The van der Waals surface area contributed by atoms with Crippen LogP contribution in [0, 0.1) is 18.7 Å². The summed E-state index contributed by atoms with van der Waals surface area (Å²) in [6.45, 7) is 3.68. The van der Waals surface area contributed by atoms with Crippen molar-refractivity contribution in [3.8, 4) is 11.3 Å². The maximum atomic E-state index is 13.4. The molecule has 1 fully saturated rings. The van der Waals surface area contributed by atoms with Crippen molar-refractivity contribution >= 4 is 17.6 Å².